The van der Waals surface area contributed by atoms with Crippen LogP contribution in [0.2, 0.25) is 0 Å². The van der Waals surface area contributed by atoms with E-state index in [9.17, 15) is 9.90 Å². The third-order valence-electron chi connectivity index (χ3n) is 3.74. The van der Waals surface area contributed by atoms with Gasteiger partial charge in [0.25, 0.3) is 5.91 Å². The number of H-pyrrole nitrogens is 1. The van der Waals surface area contributed by atoms with E-state index in [1.165, 1.54) is 0 Å². The second kappa shape index (κ2) is 6.81. The lowest BCUT2D eigenvalue weighted by atomic mass is 10.1. The van der Waals surface area contributed by atoms with E-state index in [4.69, 9.17) is 0 Å². The number of phenolic OH excluding ortho intramolecular Hbond substituents is 1. The number of hydrogen-bond donors (Lipinski definition) is 4. The highest BCUT2D eigenvalue weighted by molar-refractivity contribution is 6.04. The van der Waals surface area contributed by atoms with Crippen LogP contribution in [0.4, 0.5) is 5.69 Å². The number of aromatic nitrogens is 2. The summed E-state index contributed by atoms with van der Waals surface area (Å²) in [5.41, 5.74) is 3.77. The molecule has 6 nitrogen and oxygen atoms in total. The number of carbonyl (C=O) groups is 1. The molecule has 0 unspecified atom stereocenters. The Bertz CT molecular complexity index is 684. The topological polar surface area (TPSA) is 90.0 Å². The fourth-order valence-corrected chi connectivity index (χ4v) is 2.50. The van der Waals surface area contributed by atoms with Crippen LogP contribution in [-0.2, 0) is 19.4 Å². The first-order valence-corrected chi connectivity index (χ1v) is 7.09. The summed E-state index contributed by atoms with van der Waals surface area (Å²) >= 11 is 0. The van der Waals surface area contributed by atoms with E-state index in [2.05, 4.69) is 20.8 Å². The van der Waals surface area contributed by atoms with Gasteiger partial charge >= 0.3 is 0 Å². The van der Waals surface area contributed by atoms with Crippen molar-refractivity contribution in [1.82, 2.24) is 15.5 Å². The van der Waals surface area contributed by atoms with E-state index < -0.39 is 0 Å². The van der Waals surface area contributed by atoms with Gasteiger partial charge in [-0.2, -0.15) is 5.10 Å². The maximum atomic E-state index is 12.4. The number of amides is 1. The van der Waals surface area contributed by atoms with Crippen LogP contribution in [0.1, 0.15) is 34.2 Å². The minimum Gasteiger partial charge on any atom is -0.506 e. The van der Waals surface area contributed by atoms with Gasteiger partial charge in [-0.25, -0.2) is 0 Å². The molecular formula is C15H19ClN4O2. The van der Waals surface area contributed by atoms with Crippen molar-refractivity contribution >= 4 is 24.0 Å². The zero-order chi connectivity index (χ0) is 14.8. The number of rotatable bonds is 3. The first-order chi connectivity index (χ1) is 10.2. The van der Waals surface area contributed by atoms with Crippen molar-refractivity contribution in [3.63, 3.8) is 0 Å². The predicted octanol–water partition coefficient (Wildman–Crippen LogP) is 2.00. The molecule has 0 bridgehead atoms. The molecule has 0 fully saturated rings. The Morgan fingerprint density at radius 2 is 2.27 bits per heavy atom. The third-order valence-corrected chi connectivity index (χ3v) is 3.74. The Hall–Kier alpha value is -2.05. The number of nitrogens with one attached hydrogen (secondary N) is 3. The molecule has 2 heterocycles. The van der Waals surface area contributed by atoms with Crippen LogP contribution >= 0.6 is 12.4 Å². The van der Waals surface area contributed by atoms with Gasteiger partial charge in [0.15, 0.2) is 5.69 Å². The minimum absolute atomic E-state index is 0. The molecule has 0 radical (unpaired) electrons. The molecule has 0 aliphatic carbocycles. The molecule has 1 aliphatic heterocycles. The number of fused-ring (bicyclic) bond motifs is 1. The highest BCUT2D eigenvalue weighted by Gasteiger charge is 2.22. The van der Waals surface area contributed by atoms with Gasteiger partial charge in [0.2, 0.25) is 0 Å². The Labute approximate surface area is 134 Å². The number of nitrogens with zero attached hydrogens (tertiary/aromatic N) is 1. The summed E-state index contributed by atoms with van der Waals surface area (Å²) in [4.78, 5) is 12.4. The van der Waals surface area contributed by atoms with Crippen molar-refractivity contribution in [1.29, 1.82) is 0 Å². The van der Waals surface area contributed by atoms with Gasteiger partial charge in [-0.1, -0.05) is 13.0 Å². The van der Waals surface area contributed by atoms with Crippen LogP contribution in [-0.4, -0.2) is 27.8 Å². The summed E-state index contributed by atoms with van der Waals surface area (Å²) in [6, 6.07) is 5.21. The summed E-state index contributed by atoms with van der Waals surface area (Å²) in [5, 5.41) is 22.8. The molecule has 0 atom stereocenters. The Morgan fingerprint density at radius 1 is 1.45 bits per heavy atom. The smallest absolute Gasteiger partial charge is 0.276 e. The summed E-state index contributed by atoms with van der Waals surface area (Å²) < 4.78 is 0. The third kappa shape index (κ3) is 3.08. The van der Waals surface area contributed by atoms with Gasteiger partial charge in [-0.15, -0.1) is 12.4 Å². The van der Waals surface area contributed by atoms with Crippen molar-refractivity contribution in [3.05, 3.63) is 40.7 Å². The molecule has 4 N–H and O–H groups in total. The van der Waals surface area contributed by atoms with Crippen LogP contribution in [0.5, 0.6) is 5.75 Å². The van der Waals surface area contributed by atoms with Crippen molar-refractivity contribution in [2.45, 2.75) is 26.3 Å². The molecule has 0 spiro atoms. The number of aromatic amines is 1. The Balaban J connectivity index is 0.00000176. The normalized spacial score (nSPS) is 13.1. The van der Waals surface area contributed by atoms with E-state index in [0.717, 1.165) is 36.2 Å². The molecule has 1 aromatic heterocycles. The largest absolute Gasteiger partial charge is 0.506 e. The molecule has 3 rings (SSSR count). The summed E-state index contributed by atoms with van der Waals surface area (Å²) in [6.45, 7) is 3.54. The molecule has 1 aliphatic rings. The number of aryl methyl sites for hydroxylation is 1. The predicted molar refractivity (Wildman–Crippen MR) is 86.7 cm³/mol. The maximum Gasteiger partial charge on any atom is 0.276 e. The molecule has 1 aromatic carbocycles. The van der Waals surface area contributed by atoms with E-state index in [1.54, 1.807) is 12.1 Å². The molecule has 2 aromatic rings. The van der Waals surface area contributed by atoms with E-state index in [-0.39, 0.29) is 24.1 Å². The van der Waals surface area contributed by atoms with Gasteiger partial charge in [-0.3, -0.25) is 9.89 Å². The number of halogens is 1. The lowest BCUT2D eigenvalue weighted by Gasteiger charge is -2.13. The van der Waals surface area contributed by atoms with E-state index in [0.29, 0.717) is 17.9 Å². The van der Waals surface area contributed by atoms with Crippen LogP contribution in [0, 0.1) is 0 Å². The molecule has 1 amide bonds. The quantitative estimate of drug-likeness (QED) is 0.651. The van der Waals surface area contributed by atoms with Crippen LogP contribution in [0.25, 0.3) is 0 Å². The minimum atomic E-state index is -0.306. The molecular weight excluding hydrogens is 304 g/mol. The Morgan fingerprint density at radius 3 is 3.05 bits per heavy atom. The van der Waals surface area contributed by atoms with E-state index in [1.807, 2.05) is 13.0 Å². The first kappa shape index (κ1) is 16.3. The first-order valence-electron chi connectivity index (χ1n) is 7.09. The molecule has 7 heteroatoms. The number of anilines is 1. The number of aromatic hydroxyl groups is 1. The molecule has 118 valence electrons. The summed E-state index contributed by atoms with van der Waals surface area (Å²) in [5.74, 6) is -0.247. The van der Waals surface area contributed by atoms with Gasteiger partial charge < -0.3 is 15.7 Å². The highest BCUT2D eigenvalue weighted by atomic mass is 35.5. The second-order valence-corrected chi connectivity index (χ2v) is 5.12. The second-order valence-electron chi connectivity index (χ2n) is 5.12. The van der Waals surface area contributed by atoms with Gasteiger partial charge in [0.1, 0.15) is 5.75 Å². The van der Waals surface area contributed by atoms with Crippen LogP contribution < -0.4 is 10.6 Å². The van der Waals surface area contributed by atoms with E-state index >= 15 is 0 Å². The molecule has 0 saturated heterocycles. The van der Waals surface area contributed by atoms with Crippen molar-refractivity contribution < 1.29 is 9.90 Å². The fourth-order valence-electron chi connectivity index (χ4n) is 2.50. The molecule has 0 saturated carbocycles. The summed E-state index contributed by atoms with van der Waals surface area (Å²) in [6.07, 6.45) is 1.68. The lowest BCUT2D eigenvalue weighted by molar-refractivity contribution is 0.102. The van der Waals surface area contributed by atoms with Gasteiger partial charge in [0, 0.05) is 30.8 Å². The molecule has 22 heavy (non-hydrogen) atoms. The average molecular weight is 323 g/mol. The monoisotopic (exact) mass is 322 g/mol. The van der Waals surface area contributed by atoms with Gasteiger partial charge in [-0.05, 0) is 24.1 Å². The summed E-state index contributed by atoms with van der Waals surface area (Å²) in [7, 11) is 0. The lowest BCUT2D eigenvalue weighted by Crippen LogP contribution is -2.25. The van der Waals surface area contributed by atoms with Gasteiger partial charge in [0.05, 0.1) is 5.69 Å². The number of hydrogen-bond acceptors (Lipinski definition) is 4. The van der Waals surface area contributed by atoms with Crippen LogP contribution in [0.3, 0.4) is 0 Å². The van der Waals surface area contributed by atoms with Crippen LogP contribution in [0.15, 0.2) is 18.2 Å². The van der Waals surface area contributed by atoms with Crippen molar-refractivity contribution in [2.75, 3.05) is 11.9 Å². The fraction of sp³-hybridized carbons (Fsp3) is 0.333. The Kier molecular flexibility index (Phi) is 5.05. The zero-order valence-electron chi connectivity index (χ0n) is 12.3. The number of carbonyl (C=O) groups excluding carboxylic acids is 1. The zero-order valence-corrected chi connectivity index (χ0v) is 13.1. The average Bonchev–Trinajstić information content (AvgIpc) is 2.93. The highest BCUT2D eigenvalue weighted by Crippen LogP contribution is 2.25. The van der Waals surface area contributed by atoms with Crippen molar-refractivity contribution in [2.24, 2.45) is 0 Å². The number of benzene rings is 1. The van der Waals surface area contributed by atoms with Crippen molar-refractivity contribution in [3.8, 4) is 5.75 Å². The maximum absolute atomic E-state index is 12.4. The SMILES string of the molecule is CCc1ccc(O)c(NC(=O)c2n[nH]c3c2CNCC3)c1.Cl. The number of phenols is 1. The standard InChI is InChI=1S/C15H18N4O2.ClH/c1-2-9-3-4-13(20)12(7-9)17-15(21)14-10-8-16-6-5-11(10)18-19-14;/h3-4,7,16,20H,2,5-6,8H2,1H3,(H,17,21)(H,18,19);1H.